The lowest BCUT2D eigenvalue weighted by atomic mass is 10.1. The SMILES string of the molecule is CCOc1cc(C)c(-c2cncc(C(=O)NNC(=O)OC(C)(C)C)n2)cn1. The minimum Gasteiger partial charge on any atom is -0.478 e. The molecular weight excluding hydrogens is 350 g/mol. The maximum atomic E-state index is 12.2. The molecule has 0 saturated carbocycles. The van der Waals surface area contributed by atoms with E-state index in [1.807, 2.05) is 13.8 Å². The van der Waals surface area contributed by atoms with E-state index in [0.29, 0.717) is 18.2 Å². The summed E-state index contributed by atoms with van der Waals surface area (Å²) in [6.07, 6.45) is 3.67. The lowest BCUT2D eigenvalue weighted by Gasteiger charge is -2.19. The second kappa shape index (κ2) is 8.43. The van der Waals surface area contributed by atoms with Crippen LogP contribution >= 0.6 is 0 Å². The number of nitrogens with one attached hydrogen (secondary N) is 2. The molecule has 0 radical (unpaired) electrons. The quantitative estimate of drug-likeness (QED) is 0.791. The van der Waals surface area contributed by atoms with Crippen LogP contribution in [0.15, 0.2) is 24.7 Å². The number of carbonyl (C=O) groups excluding carboxylic acids is 2. The largest absolute Gasteiger partial charge is 0.478 e. The molecule has 0 aliphatic carbocycles. The Labute approximate surface area is 157 Å². The highest BCUT2D eigenvalue weighted by Gasteiger charge is 2.17. The van der Waals surface area contributed by atoms with Gasteiger partial charge in [0.15, 0.2) is 0 Å². The Bertz CT molecular complexity index is 833. The van der Waals surface area contributed by atoms with Gasteiger partial charge in [-0.1, -0.05) is 0 Å². The number of pyridine rings is 1. The zero-order valence-corrected chi connectivity index (χ0v) is 16.0. The number of nitrogens with zero attached hydrogens (tertiary/aromatic N) is 3. The first-order valence-corrected chi connectivity index (χ1v) is 8.41. The molecule has 2 N–H and O–H groups in total. The summed E-state index contributed by atoms with van der Waals surface area (Å²) in [6.45, 7) is 9.44. The second-order valence-electron chi connectivity index (χ2n) is 6.64. The summed E-state index contributed by atoms with van der Waals surface area (Å²) in [5.74, 6) is -0.103. The Morgan fingerprint density at radius 2 is 1.89 bits per heavy atom. The molecule has 27 heavy (non-hydrogen) atoms. The zero-order valence-electron chi connectivity index (χ0n) is 16.0. The summed E-state index contributed by atoms with van der Waals surface area (Å²) < 4.78 is 10.4. The van der Waals surface area contributed by atoms with Crippen molar-refractivity contribution in [3.8, 4) is 17.1 Å². The van der Waals surface area contributed by atoms with Crippen molar-refractivity contribution in [1.82, 2.24) is 25.8 Å². The van der Waals surface area contributed by atoms with Crippen molar-refractivity contribution in [3.63, 3.8) is 0 Å². The van der Waals surface area contributed by atoms with Gasteiger partial charge in [0.05, 0.1) is 24.7 Å². The maximum absolute atomic E-state index is 12.2. The number of ether oxygens (including phenoxy) is 2. The van der Waals surface area contributed by atoms with Crippen LogP contribution < -0.4 is 15.6 Å². The minimum absolute atomic E-state index is 0.0387. The molecule has 144 valence electrons. The van der Waals surface area contributed by atoms with E-state index in [1.54, 1.807) is 33.0 Å². The average Bonchev–Trinajstić information content (AvgIpc) is 2.59. The van der Waals surface area contributed by atoms with Crippen molar-refractivity contribution in [2.24, 2.45) is 0 Å². The molecule has 0 atom stereocenters. The third-order valence-corrected chi connectivity index (χ3v) is 3.20. The van der Waals surface area contributed by atoms with Gasteiger partial charge in [-0.3, -0.25) is 15.2 Å². The summed E-state index contributed by atoms with van der Waals surface area (Å²) in [7, 11) is 0. The standard InChI is InChI=1S/C18H23N5O4/c1-6-26-15-7-11(2)12(8-20-15)13-9-19-10-14(21-13)16(24)22-23-17(25)27-18(3,4)5/h7-10H,6H2,1-5H3,(H,22,24)(H,23,25). The lowest BCUT2D eigenvalue weighted by molar-refractivity contribution is 0.0483. The summed E-state index contributed by atoms with van der Waals surface area (Å²) in [5, 5.41) is 0. The van der Waals surface area contributed by atoms with E-state index in [-0.39, 0.29) is 5.69 Å². The molecule has 0 saturated heterocycles. The van der Waals surface area contributed by atoms with Gasteiger partial charge in [0.1, 0.15) is 11.3 Å². The van der Waals surface area contributed by atoms with Gasteiger partial charge < -0.3 is 9.47 Å². The number of rotatable bonds is 4. The van der Waals surface area contributed by atoms with Crippen molar-refractivity contribution < 1.29 is 19.1 Å². The van der Waals surface area contributed by atoms with E-state index < -0.39 is 17.6 Å². The van der Waals surface area contributed by atoms with E-state index in [9.17, 15) is 9.59 Å². The number of hydrogen-bond acceptors (Lipinski definition) is 7. The van der Waals surface area contributed by atoms with Gasteiger partial charge in [-0.05, 0) is 40.2 Å². The monoisotopic (exact) mass is 373 g/mol. The lowest BCUT2D eigenvalue weighted by Crippen LogP contribution is -2.44. The Balaban J connectivity index is 2.11. The van der Waals surface area contributed by atoms with Gasteiger partial charge >= 0.3 is 6.09 Å². The van der Waals surface area contributed by atoms with Crippen molar-refractivity contribution >= 4 is 12.0 Å². The first-order valence-electron chi connectivity index (χ1n) is 8.41. The van der Waals surface area contributed by atoms with Crippen LogP contribution in [-0.4, -0.2) is 39.2 Å². The number of aryl methyl sites for hydroxylation is 1. The van der Waals surface area contributed by atoms with Crippen LogP contribution in [0.3, 0.4) is 0 Å². The van der Waals surface area contributed by atoms with Crippen molar-refractivity contribution in [1.29, 1.82) is 0 Å². The van der Waals surface area contributed by atoms with Crippen LogP contribution in [0.1, 0.15) is 43.7 Å². The van der Waals surface area contributed by atoms with Crippen molar-refractivity contribution in [2.75, 3.05) is 6.61 Å². The van der Waals surface area contributed by atoms with Crippen LogP contribution in [0.4, 0.5) is 4.79 Å². The second-order valence-corrected chi connectivity index (χ2v) is 6.64. The number of carbonyl (C=O) groups is 2. The molecule has 2 rings (SSSR count). The molecule has 0 spiro atoms. The van der Waals surface area contributed by atoms with Gasteiger partial charge in [-0.2, -0.15) is 0 Å². The van der Waals surface area contributed by atoms with Crippen LogP contribution in [0.5, 0.6) is 5.88 Å². The Kier molecular flexibility index (Phi) is 6.27. The predicted molar refractivity (Wildman–Crippen MR) is 98.0 cm³/mol. The number of hydrogen-bond donors (Lipinski definition) is 2. The van der Waals surface area contributed by atoms with E-state index in [1.165, 1.54) is 12.4 Å². The van der Waals surface area contributed by atoms with E-state index in [2.05, 4.69) is 25.8 Å². The van der Waals surface area contributed by atoms with Gasteiger partial charge in [-0.25, -0.2) is 20.2 Å². The van der Waals surface area contributed by atoms with Crippen LogP contribution in [0.2, 0.25) is 0 Å². The highest BCUT2D eigenvalue weighted by Crippen LogP contribution is 2.23. The molecule has 0 aliphatic rings. The molecule has 0 bridgehead atoms. The highest BCUT2D eigenvalue weighted by molar-refractivity contribution is 5.93. The van der Waals surface area contributed by atoms with E-state index in [4.69, 9.17) is 9.47 Å². The van der Waals surface area contributed by atoms with Gasteiger partial charge in [0.2, 0.25) is 5.88 Å². The summed E-state index contributed by atoms with van der Waals surface area (Å²) in [4.78, 5) is 36.3. The molecule has 2 heterocycles. The molecule has 9 heteroatoms. The topological polar surface area (TPSA) is 115 Å². The first kappa shape index (κ1) is 20.1. The van der Waals surface area contributed by atoms with Crippen molar-refractivity contribution in [3.05, 3.63) is 35.9 Å². The molecule has 2 aromatic rings. The third kappa shape index (κ3) is 5.91. The fourth-order valence-electron chi connectivity index (χ4n) is 2.11. The van der Waals surface area contributed by atoms with Crippen LogP contribution in [-0.2, 0) is 4.74 Å². The van der Waals surface area contributed by atoms with Gasteiger partial charge in [0, 0.05) is 17.8 Å². The Hall–Kier alpha value is -3.23. The molecule has 2 amide bonds. The van der Waals surface area contributed by atoms with Crippen molar-refractivity contribution in [2.45, 2.75) is 40.2 Å². The van der Waals surface area contributed by atoms with Gasteiger partial charge in [0.25, 0.3) is 5.91 Å². The third-order valence-electron chi connectivity index (χ3n) is 3.20. The smallest absolute Gasteiger partial charge is 0.426 e. The molecule has 0 unspecified atom stereocenters. The average molecular weight is 373 g/mol. The Morgan fingerprint density at radius 1 is 1.15 bits per heavy atom. The highest BCUT2D eigenvalue weighted by atomic mass is 16.6. The normalized spacial score (nSPS) is 10.9. The number of aromatic nitrogens is 3. The van der Waals surface area contributed by atoms with E-state index in [0.717, 1.165) is 11.1 Å². The molecule has 0 aliphatic heterocycles. The maximum Gasteiger partial charge on any atom is 0.426 e. The molecule has 2 aromatic heterocycles. The van der Waals surface area contributed by atoms with Crippen LogP contribution in [0, 0.1) is 6.92 Å². The predicted octanol–water partition coefficient (Wildman–Crippen LogP) is 2.42. The number of hydrazine groups is 1. The van der Waals surface area contributed by atoms with Crippen LogP contribution in [0.25, 0.3) is 11.3 Å². The fourth-order valence-corrected chi connectivity index (χ4v) is 2.11. The molecule has 9 nitrogen and oxygen atoms in total. The molecule has 0 aromatic carbocycles. The van der Waals surface area contributed by atoms with Gasteiger partial charge in [-0.15, -0.1) is 0 Å². The zero-order chi connectivity index (χ0) is 20.0. The van der Waals surface area contributed by atoms with E-state index >= 15 is 0 Å². The fraction of sp³-hybridized carbons (Fsp3) is 0.389. The minimum atomic E-state index is -0.772. The molecular formula is C18H23N5O4. The summed E-state index contributed by atoms with van der Waals surface area (Å²) in [6, 6.07) is 1.79. The Morgan fingerprint density at radius 3 is 2.52 bits per heavy atom. The first-order chi connectivity index (χ1) is 12.7. The molecule has 0 fully saturated rings. The summed E-state index contributed by atoms with van der Waals surface area (Å²) >= 11 is 0. The summed E-state index contributed by atoms with van der Waals surface area (Å²) in [5.41, 5.74) is 5.86. The number of amides is 2.